The number of ether oxygens (including phenoxy) is 2. The summed E-state index contributed by atoms with van der Waals surface area (Å²) in [5.41, 5.74) is 1.54. The zero-order valence-corrected chi connectivity index (χ0v) is 11.9. The van der Waals surface area contributed by atoms with Crippen LogP contribution in [0.5, 0.6) is 0 Å². The average molecular weight is 280 g/mol. The molecule has 1 aromatic carbocycles. The minimum atomic E-state index is -0.419. The molecule has 1 atom stereocenters. The Morgan fingerprint density at radius 3 is 2.80 bits per heavy atom. The largest absolute Gasteiger partial charge is 0.411 e. The van der Waals surface area contributed by atoms with Gasteiger partial charge in [-0.2, -0.15) is 0 Å². The van der Waals surface area contributed by atoms with Gasteiger partial charge in [-0.25, -0.2) is 0 Å². The molecular weight excluding hydrogens is 260 g/mol. The van der Waals surface area contributed by atoms with Crippen LogP contribution in [0.15, 0.2) is 29.4 Å². The highest BCUT2D eigenvalue weighted by Gasteiger charge is 2.13. The Labute approximate surface area is 118 Å². The zero-order chi connectivity index (χ0) is 15.0. The van der Waals surface area contributed by atoms with Crippen LogP contribution in [0.2, 0.25) is 0 Å². The van der Waals surface area contributed by atoms with Crippen molar-refractivity contribution < 1.29 is 19.5 Å². The standard InChI is InChI=1S/C14H20N2O4/c1-4-19-11(2)20-10-12-7-5-6-8-13(12)16(3)14(17)9-15-18/h5-9,11,18H,4,10H2,1-3H3. The highest BCUT2D eigenvalue weighted by atomic mass is 16.7. The number of para-hydroxylation sites is 1. The van der Waals surface area contributed by atoms with Crippen molar-refractivity contribution in [3.8, 4) is 0 Å². The molecule has 0 spiro atoms. The molecule has 0 saturated carbocycles. The lowest BCUT2D eigenvalue weighted by atomic mass is 10.1. The van der Waals surface area contributed by atoms with E-state index < -0.39 is 5.91 Å². The molecule has 1 unspecified atom stereocenters. The lowest BCUT2D eigenvalue weighted by Gasteiger charge is -2.20. The molecule has 0 fully saturated rings. The number of rotatable bonds is 7. The van der Waals surface area contributed by atoms with Crippen molar-refractivity contribution in [2.45, 2.75) is 26.7 Å². The average Bonchev–Trinajstić information content (AvgIpc) is 2.45. The van der Waals surface area contributed by atoms with Gasteiger partial charge in [0, 0.05) is 24.9 Å². The molecule has 0 aliphatic carbocycles. The Balaban J connectivity index is 2.80. The summed E-state index contributed by atoms with van der Waals surface area (Å²) in [5, 5.41) is 11.2. The fourth-order valence-corrected chi connectivity index (χ4v) is 1.70. The highest BCUT2D eigenvalue weighted by molar-refractivity contribution is 6.32. The summed E-state index contributed by atoms with van der Waals surface area (Å²) < 4.78 is 10.8. The van der Waals surface area contributed by atoms with E-state index >= 15 is 0 Å². The minimum absolute atomic E-state index is 0.312. The van der Waals surface area contributed by atoms with Crippen LogP contribution in [-0.4, -0.2) is 37.3 Å². The van der Waals surface area contributed by atoms with Gasteiger partial charge in [-0.1, -0.05) is 23.4 Å². The fraction of sp³-hybridized carbons (Fsp3) is 0.429. The van der Waals surface area contributed by atoms with Crippen LogP contribution in [-0.2, 0) is 20.9 Å². The molecule has 1 rings (SSSR count). The van der Waals surface area contributed by atoms with Crippen molar-refractivity contribution in [3.63, 3.8) is 0 Å². The molecule has 0 radical (unpaired) electrons. The molecule has 0 heterocycles. The summed E-state index contributed by atoms with van der Waals surface area (Å²) in [5.74, 6) is -0.419. The zero-order valence-electron chi connectivity index (χ0n) is 11.9. The van der Waals surface area contributed by atoms with Crippen molar-refractivity contribution >= 4 is 17.8 Å². The molecule has 0 aromatic heterocycles. The third-order valence-corrected chi connectivity index (χ3v) is 2.73. The molecule has 0 aliphatic heterocycles. The Hall–Kier alpha value is -1.92. The molecule has 0 aliphatic rings. The summed E-state index contributed by atoms with van der Waals surface area (Å²) in [6.45, 7) is 4.62. The molecule has 0 saturated heterocycles. The number of hydrogen-bond acceptors (Lipinski definition) is 5. The number of carbonyl (C=O) groups is 1. The second kappa shape index (κ2) is 8.29. The molecular formula is C14H20N2O4. The maximum Gasteiger partial charge on any atom is 0.272 e. The predicted molar refractivity (Wildman–Crippen MR) is 76.0 cm³/mol. The third kappa shape index (κ3) is 4.64. The normalized spacial score (nSPS) is 12.6. The van der Waals surface area contributed by atoms with Crippen LogP contribution in [0.25, 0.3) is 0 Å². The van der Waals surface area contributed by atoms with E-state index in [1.807, 2.05) is 32.0 Å². The van der Waals surface area contributed by atoms with Gasteiger partial charge in [0.1, 0.15) is 6.21 Å². The lowest BCUT2D eigenvalue weighted by molar-refractivity contribution is -0.134. The van der Waals surface area contributed by atoms with Crippen LogP contribution in [0.1, 0.15) is 19.4 Å². The SMILES string of the molecule is CCOC(C)OCc1ccccc1N(C)C(=O)C=NO. The third-order valence-electron chi connectivity index (χ3n) is 2.73. The van der Waals surface area contributed by atoms with Gasteiger partial charge in [0.15, 0.2) is 6.29 Å². The van der Waals surface area contributed by atoms with Crippen molar-refractivity contribution in [2.24, 2.45) is 5.16 Å². The Kier molecular flexibility index (Phi) is 6.69. The lowest BCUT2D eigenvalue weighted by Crippen LogP contribution is -2.28. The Morgan fingerprint density at radius 2 is 2.15 bits per heavy atom. The van der Waals surface area contributed by atoms with E-state index in [1.165, 1.54) is 4.90 Å². The van der Waals surface area contributed by atoms with Gasteiger partial charge in [0.2, 0.25) is 0 Å². The van der Waals surface area contributed by atoms with Gasteiger partial charge in [-0.3, -0.25) is 4.79 Å². The van der Waals surface area contributed by atoms with Gasteiger partial charge in [-0.15, -0.1) is 0 Å². The molecule has 1 aromatic rings. The van der Waals surface area contributed by atoms with Crippen LogP contribution in [0.4, 0.5) is 5.69 Å². The van der Waals surface area contributed by atoms with E-state index in [2.05, 4.69) is 5.16 Å². The Bertz CT molecular complexity index is 462. The second-order valence-electron chi connectivity index (χ2n) is 4.10. The molecule has 0 bridgehead atoms. The molecule has 1 amide bonds. The topological polar surface area (TPSA) is 71.4 Å². The number of hydrogen-bond donors (Lipinski definition) is 1. The number of amides is 1. The van der Waals surface area contributed by atoms with Crippen molar-refractivity contribution in [1.82, 2.24) is 0 Å². The summed E-state index contributed by atoms with van der Waals surface area (Å²) in [4.78, 5) is 13.1. The van der Waals surface area contributed by atoms with Crippen molar-refractivity contribution in [1.29, 1.82) is 0 Å². The number of anilines is 1. The monoisotopic (exact) mass is 280 g/mol. The van der Waals surface area contributed by atoms with Gasteiger partial charge in [0.05, 0.1) is 6.61 Å². The van der Waals surface area contributed by atoms with E-state index in [1.54, 1.807) is 13.1 Å². The quantitative estimate of drug-likeness (QED) is 0.359. The minimum Gasteiger partial charge on any atom is -0.411 e. The Morgan fingerprint density at radius 1 is 1.45 bits per heavy atom. The molecule has 110 valence electrons. The summed E-state index contributed by atoms with van der Waals surface area (Å²) in [6, 6.07) is 7.36. The van der Waals surface area contributed by atoms with Gasteiger partial charge in [-0.05, 0) is 19.9 Å². The smallest absolute Gasteiger partial charge is 0.272 e. The predicted octanol–water partition coefficient (Wildman–Crippen LogP) is 2.01. The van der Waals surface area contributed by atoms with E-state index in [0.29, 0.717) is 18.9 Å². The highest BCUT2D eigenvalue weighted by Crippen LogP contribution is 2.20. The summed E-state index contributed by atoms with van der Waals surface area (Å²) in [7, 11) is 1.61. The summed E-state index contributed by atoms with van der Waals surface area (Å²) in [6.07, 6.45) is 0.536. The molecule has 6 nitrogen and oxygen atoms in total. The van der Waals surface area contributed by atoms with E-state index in [4.69, 9.17) is 14.7 Å². The first-order valence-corrected chi connectivity index (χ1v) is 6.36. The maximum absolute atomic E-state index is 11.7. The first kappa shape index (κ1) is 16.1. The van der Waals surface area contributed by atoms with Gasteiger partial charge >= 0.3 is 0 Å². The van der Waals surface area contributed by atoms with E-state index in [0.717, 1.165) is 11.8 Å². The number of nitrogens with zero attached hydrogens (tertiary/aromatic N) is 2. The molecule has 6 heteroatoms. The van der Waals surface area contributed by atoms with Crippen molar-refractivity contribution in [3.05, 3.63) is 29.8 Å². The second-order valence-corrected chi connectivity index (χ2v) is 4.10. The molecule has 20 heavy (non-hydrogen) atoms. The number of carbonyl (C=O) groups excluding carboxylic acids is 1. The van der Waals surface area contributed by atoms with Crippen molar-refractivity contribution in [2.75, 3.05) is 18.6 Å². The summed E-state index contributed by atoms with van der Waals surface area (Å²) >= 11 is 0. The van der Waals surface area contributed by atoms with E-state index in [9.17, 15) is 4.79 Å². The van der Waals surface area contributed by atoms with Gasteiger partial charge in [0.25, 0.3) is 5.91 Å². The van der Waals surface area contributed by atoms with Crippen LogP contribution >= 0.6 is 0 Å². The van der Waals surface area contributed by atoms with Crippen LogP contribution in [0.3, 0.4) is 0 Å². The first-order chi connectivity index (χ1) is 9.60. The first-order valence-electron chi connectivity index (χ1n) is 6.36. The van der Waals surface area contributed by atoms with Crippen LogP contribution < -0.4 is 4.90 Å². The fourth-order valence-electron chi connectivity index (χ4n) is 1.70. The van der Waals surface area contributed by atoms with Crippen LogP contribution in [0, 0.1) is 0 Å². The number of oxime groups is 1. The number of benzene rings is 1. The maximum atomic E-state index is 11.7. The molecule has 1 N–H and O–H groups in total. The van der Waals surface area contributed by atoms with E-state index in [-0.39, 0.29) is 6.29 Å². The van der Waals surface area contributed by atoms with Gasteiger partial charge < -0.3 is 19.6 Å².